The molecule has 5 heteroatoms. The molecule has 4 rings (SSSR count). The second kappa shape index (κ2) is 6.13. The van der Waals surface area contributed by atoms with Crippen molar-refractivity contribution in [3.8, 4) is 5.88 Å². The number of likely N-dealkylation sites (tertiary alicyclic amines) is 1. The van der Waals surface area contributed by atoms with Gasteiger partial charge in [0.1, 0.15) is 5.82 Å². The number of hydrogen-bond donors (Lipinski definition) is 0. The Morgan fingerprint density at radius 2 is 2.17 bits per heavy atom. The number of aromatic nitrogens is 3. The van der Waals surface area contributed by atoms with Gasteiger partial charge in [-0.05, 0) is 50.8 Å². The van der Waals surface area contributed by atoms with Crippen molar-refractivity contribution in [3.05, 3.63) is 47.2 Å². The highest BCUT2D eigenvalue weighted by Crippen LogP contribution is 2.44. The second-order valence-corrected chi connectivity index (χ2v) is 7.06. The van der Waals surface area contributed by atoms with Gasteiger partial charge in [0.15, 0.2) is 0 Å². The Balaban J connectivity index is 1.56. The predicted molar refractivity (Wildman–Crippen MR) is 92.1 cm³/mol. The summed E-state index contributed by atoms with van der Waals surface area (Å²) in [6.45, 7) is 5.06. The first-order chi connectivity index (χ1) is 11.7. The van der Waals surface area contributed by atoms with E-state index in [9.17, 15) is 0 Å². The summed E-state index contributed by atoms with van der Waals surface area (Å²) in [5, 5.41) is 0. The maximum atomic E-state index is 5.25. The third-order valence-electron chi connectivity index (χ3n) is 5.39. The Bertz CT molecular complexity index is 744. The number of fused-ring (bicyclic) bond motifs is 2. The molecular weight excluding hydrogens is 300 g/mol. The van der Waals surface area contributed by atoms with Crippen LogP contribution in [-0.4, -0.2) is 40.1 Å². The van der Waals surface area contributed by atoms with E-state index in [0.29, 0.717) is 5.88 Å². The number of methoxy groups -OCH3 is 1. The Kier molecular flexibility index (Phi) is 3.96. The Hall–Kier alpha value is -2.01. The summed E-state index contributed by atoms with van der Waals surface area (Å²) in [5.41, 5.74) is 3.93. The highest BCUT2D eigenvalue weighted by molar-refractivity contribution is 5.33. The minimum atomic E-state index is 0.208. The molecule has 3 heterocycles. The summed E-state index contributed by atoms with van der Waals surface area (Å²) >= 11 is 0. The maximum absolute atomic E-state index is 5.25. The summed E-state index contributed by atoms with van der Waals surface area (Å²) in [6.07, 6.45) is 6.79. The molecule has 1 saturated heterocycles. The summed E-state index contributed by atoms with van der Waals surface area (Å²) in [5.74, 6) is 1.58. The molecule has 1 aliphatic heterocycles. The Morgan fingerprint density at radius 3 is 3.04 bits per heavy atom. The van der Waals surface area contributed by atoms with Gasteiger partial charge in [-0.15, -0.1) is 0 Å². The second-order valence-electron chi connectivity index (χ2n) is 7.06. The molecule has 0 N–H and O–H groups in total. The highest BCUT2D eigenvalue weighted by Gasteiger charge is 2.43. The van der Waals surface area contributed by atoms with Gasteiger partial charge in [-0.25, -0.2) is 15.0 Å². The topological polar surface area (TPSA) is 51.1 Å². The lowest BCUT2D eigenvalue weighted by atomic mass is 9.77. The van der Waals surface area contributed by atoms with Gasteiger partial charge in [0, 0.05) is 30.8 Å². The van der Waals surface area contributed by atoms with Crippen molar-refractivity contribution in [1.82, 2.24) is 19.9 Å². The smallest absolute Gasteiger partial charge is 0.213 e. The van der Waals surface area contributed by atoms with E-state index in [-0.39, 0.29) is 5.41 Å². The van der Waals surface area contributed by atoms with Crippen molar-refractivity contribution in [2.45, 2.75) is 44.6 Å². The number of pyridine rings is 1. The van der Waals surface area contributed by atoms with Crippen LogP contribution in [0.15, 0.2) is 24.4 Å². The van der Waals surface area contributed by atoms with Crippen LogP contribution in [0.1, 0.15) is 42.0 Å². The molecule has 2 aromatic heterocycles. The summed E-state index contributed by atoms with van der Waals surface area (Å²) in [7, 11) is 1.67. The molecule has 0 saturated carbocycles. The molecule has 0 aromatic carbocycles. The first-order valence-corrected chi connectivity index (χ1v) is 8.74. The fourth-order valence-corrected chi connectivity index (χ4v) is 4.28. The monoisotopic (exact) mass is 324 g/mol. The molecule has 1 spiro atoms. The third kappa shape index (κ3) is 2.77. The molecule has 0 bridgehead atoms. The Morgan fingerprint density at radius 1 is 1.25 bits per heavy atom. The minimum Gasteiger partial charge on any atom is -0.481 e. The zero-order valence-electron chi connectivity index (χ0n) is 14.5. The average Bonchev–Trinajstić information content (AvgIpc) is 2.93. The molecule has 2 aromatic rings. The fraction of sp³-hybridized carbons (Fsp3) is 0.526. The van der Waals surface area contributed by atoms with Crippen molar-refractivity contribution >= 4 is 0 Å². The van der Waals surface area contributed by atoms with Gasteiger partial charge in [-0.1, -0.05) is 6.07 Å². The SMILES string of the molecule is COc1cccc(CN2CCCC3(CCc4cnc(C)nc43)C2)n1. The van der Waals surface area contributed by atoms with Crippen LogP contribution in [0.4, 0.5) is 0 Å². The van der Waals surface area contributed by atoms with Gasteiger partial charge < -0.3 is 4.74 Å². The van der Waals surface area contributed by atoms with E-state index >= 15 is 0 Å². The van der Waals surface area contributed by atoms with E-state index < -0.39 is 0 Å². The van der Waals surface area contributed by atoms with Gasteiger partial charge in [-0.2, -0.15) is 0 Å². The van der Waals surface area contributed by atoms with Crippen molar-refractivity contribution in [3.63, 3.8) is 0 Å². The summed E-state index contributed by atoms with van der Waals surface area (Å²) < 4.78 is 5.25. The average molecular weight is 324 g/mol. The highest BCUT2D eigenvalue weighted by atomic mass is 16.5. The molecule has 2 aliphatic rings. The number of ether oxygens (including phenoxy) is 1. The van der Waals surface area contributed by atoms with Crippen LogP contribution >= 0.6 is 0 Å². The molecule has 5 nitrogen and oxygen atoms in total. The van der Waals surface area contributed by atoms with Crippen LogP contribution in [0.2, 0.25) is 0 Å². The molecule has 1 unspecified atom stereocenters. The summed E-state index contributed by atoms with van der Waals surface area (Å²) in [6, 6.07) is 6.00. The third-order valence-corrected chi connectivity index (χ3v) is 5.39. The van der Waals surface area contributed by atoms with Gasteiger partial charge in [0.05, 0.1) is 18.5 Å². The van der Waals surface area contributed by atoms with Crippen LogP contribution in [0.25, 0.3) is 0 Å². The van der Waals surface area contributed by atoms with Gasteiger partial charge in [0.2, 0.25) is 5.88 Å². The molecular formula is C19H24N4O. The van der Waals surface area contributed by atoms with E-state index in [1.165, 1.54) is 30.5 Å². The van der Waals surface area contributed by atoms with Crippen molar-refractivity contribution in [2.75, 3.05) is 20.2 Å². The molecule has 0 amide bonds. The van der Waals surface area contributed by atoms with E-state index in [1.807, 2.05) is 25.3 Å². The quantitative estimate of drug-likeness (QED) is 0.869. The van der Waals surface area contributed by atoms with Gasteiger partial charge in [-0.3, -0.25) is 4.90 Å². The zero-order valence-corrected chi connectivity index (χ0v) is 14.5. The number of aryl methyl sites for hydroxylation is 2. The minimum absolute atomic E-state index is 0.208. The molecule has 0 radical (unpaired) electrons. The number of hydrogen-bond acceptors (Lipinski definition) is 5. The normalized spacial score (nSPS) is 23.4. The van der Waals surface area contributed by atoms with Crippen LogP contribution in [0.5, 0.6) is 5.88 Å². The largest absolute Gasteiger partial charge is 0.481 e. The molecule has 24 heavy (non-hydrogen) atoms. The predicted octanol–water partition coefficient (Wildman–Crippen LogP) is 2.67. The van der Waals surface area contributed by atoms with Gasteiger partial charge in [0.25, 0.3) is 0 Å². The standard InChI is InChI=1S/C19H24N4O/c1-14-20-11-15-7-9-19(18(15)21-14)8-4-10-23(13-19)12-16-5-3-6-17(22-16)24-2/h3,5-6,11H,4,7-10,12-13H2,1-2H3. The van der Waals surface area contributed by atoms with Crippen molar-refractivity contribution < 1.29 is 4.74 Å². The molecule has 1 atom stereocenters. The van der Waals surface area contributed by atoms with Crippen molar-refractivity contribution in [1.29, 1.82) is 0 Å². The maximum Gasteiger partial charge on any atom is 0.213 e. The van der Waals surface area contributed by atoms with E-state index in [4.69, 9.17) is 9.72 Å². The lowest BCUT2D eigenvalue weighted by Crippen LogP contribution is -2.45. The first-order valence-electron chi connectivity index (χ1n) is 8.74. The van der Waals surface area contributed by atoms with Crippen LogP contribution in [-0.2, 0) is 18.4 Å². The fourth-order valence-electron chi connectivity index (χ4n) is 4.28. The lowest BCUT2D eigenvalue weighted by Gasteiger charge is -2.40. The van der Waals surface area contributed by atoms with Gasteiger partial charge >= 0.3 is 0 Å². The lowest BCUT2D eigenvalue weighted by molar-refractivity contribution is 0.135. The molecule has 1 aliphatic carbocycles. The summed E-state index contributed by atoms with van der Waals surface area (Å²) in [4.78, 5) is 16.3. The van der Waals surface area contributed by atoms with E-state index in [0.717, 1.165) is 37.6 Å². The molecule has 126 valence electrons. The van der Waals surface area contributed by atoms with E-state index in [1.54, 1.807) is 7.11 Å². The first kappa shape index (κ1) is 15.5. The van der Waals surface area contributed by atoms with Crippen LogP contribution in [0, 0.1) is 6.92 Å². The zero-order chi connectivity index (χ0) is 16.6. The van der Waals surface area contributed by atoms with E-state index in [2.05, 4.69) is 20.9 Å². The van der Waals surface area contributed by atoms with Crippen LogP contribution < -0.4 is 4.74 Å². The van der Waals surface area contributed by atoms with Crippen LogP contribution in [0.3, 0.4) is 0 Å². The molecule has 1 fully saturated rings. The Labute approximate surface area is 143 Å². The number of rotatable bonds is 3. The van der Waals surface area contributed by atoms with Crippen molar-refractivity contribution in [2.24, 2.45) is 0 Å². The number of piperidine rings is 1. The number of nitrogens with zero attached hydrogens (tertiary/aromatic N) is 4.